The van der Waals surface area contributed by atoms with Crippen LogP contribution in [0, 0.1) is 20.8 Å². The van der Waals surface area contributed by atoms with Gasteiger partial charge in [-0.3, -0.25) is 9.59 Å². The molecule has 0 unspecified atom stereocenters. The zero-order valence-corrected chi connectivity index (χ0v) is 16.9. The highest BCUT2D eigenvalue weighted by molar-refractivity contribution is 5.98. The summed E-state index contributed by atoms with van der Waals surface area (Å²) in [5, 5.41) is 2.53. The predicted octanol–water partition coefficient (Wildman–Crippen LogP) is 4.03. The monoisotopic (exact) mass is 379 g/mol. The number of nitrogens with one attached hydrogen (secondary N) is 1. The molecular weight excluding hydrogens is 354 g/mol. The quantitative estimate of drug-likeness (QED) is 0.467. The van der Waals surface area contributed by atoms with Crippen LogP contribution >= 0.6 is 0 Å². The Balaban J connectivity index is 2.28. The lowest BCUT2D eigenvalue weighted by atomic mass is 9.92. The Bertz CT molecular complexity index is 943. The van der Waals surface area contributed by atoms with Crippen molar-refractivity contribution in [1.29, 1.82) is 0 Å². The van der Waals surface area contributed by atoms with E-state index in [1.807, 2.05) is 57.2 Å². The molecule has 0 saturated carbocycles. The Morgan fingerprint density at radius 3 is 2.21 bits per heavy atom. The van der Waals surface area contributed by atoms with Gasteiger partial charge in [-0.05, 0) is 61.6 Å². The van der Waals surface area contributed by atoms with Crippen molar-refractivity contribution < 1.29 is 19.1 Å². The Morgan fingerprint density at radius 1 is 1.00 bits per heavy atom. The molecule has 0 aliphatic heterocycles. The molecule has 1 amide bonds. The minimum Gasteiger partial charge on any atom is -0.456 e. The van der Waals surface area contributed by atoms with E-state index in [4.69, 9.17) is 4.74 Å². The number of carbonyl (C=O) groups is 3. The molecule has 5 heteroatoms. The minimum absolute atomic E-state index is 0.0166. The van der Waals surface area contributed by atoms with Gasteiger partial charge in [-0.2, -0.15) is 0 Å². The van der Waals surface area contributed by atoms with Gasteiger partial charge in [-0.15, -0.1) is 0 Å². The van der Waals surface area contributed by atoms with Crippen LogP contribution in [0.1, 0.15) is 52.0 Å². The molecule has 0 spiro atoms. The van der Waals surface area contributed by atoms with Gasteiger partial charge in [0.25, 0.3) is 0 Å². The van der Waals surface area contributed by atoms with Gasteiger partial charge in [0, 0.05) is 12.5 Å². The first-order valence-electron chi connectivity index (χ1n) is 9.02. The van der Waals surface area contributed by atoms with Crippen molar-refractivity contribution in [3.63, 3.8) is 0 Å². The third-order valence-electron chi connectivity index (χ3n) is 4.47. The van der Waals surface area contributed by atoms with Crippen molar-refractivity contribution in [2.45, 2.75) is 41.2 Å². The van der Waals surface area contributed by atoms with Gasteiger partial charge in [0.05, 0.1) is 0 Å². The highest BCUT2D eigenvalue weighted by Gasteiger charge is 2.18. The molecule has 0 atom stereocenters. The molecule has 1 N–H and O–H groups in total. The number of rotatable bonds is 6. The van der Waals surface area contributed by atoms with Crippen LogP contribution in [0.3, 0.4) is 0 Å². The van der Waals surface area contributed by atoms with E-state index in [0.717, 1.165) is 27.8 Å². The summed E-state index contributed by atoms with van der Waals surface area (Å²) >= 11 is 0. The molecule has 28 heavy (non-hydrogen) atoms. The molecule has 2 aromatic carbocycles. The molecule has 0 aliphatic rings. The van der Waals surface area contributed by atoms with Crippen LogP contribution in [0.5, 0.6) is 0 Å². The lowest BCUT2D eigenvalue weighted by molar-refractivity contribution is -0.141. The molecule has 5 nitrogen and oxygen atoms in total. The van der Waals surface area contributed by atoms with Gasteiger partial charge in [0.1, 0.15) is 12.3 Å². The van der Waals surface area contributed by atoms with Crippen LogP contribution in [0.4, 0.5) is 0 Å². The van der Waals surface area contributed by atoms with E-state index in [-0.39, 0.29) is 24.0 Å². The number of ether oxygens (including phenoxy) is 1. The van der Waals surface area contributed by atoms with E-state index in [2.05, 4.69) is 5.32 Å². The summed E-state index contributed by atoms with van der Waals surface area (Å²) in [5.41, 5.74) is 4.94. The van der Waals surface area contributed by atoms with Crippen LogP contribution in [0.25, 0.3) is 6.08 Å². The Labute approximate surface area is 165 Å². The average Bonchev–Trinajstić information content (AvgIpc) is 2.60. The van der Waals surface area contributed by atoms with E-state index in [0.29, 0.717) is 5.56 Å². The lowest BCUT2D eigenvalue weighted by Crippen LogP contribution is -2.26. The summed E-state index contributed by atoms with van der Waals surface area (Å²) in [7, 11) is 0. The molecule has 2 aromatic rings. The second kappa shape index (κ2) is 9.13. The van der Waals surface area contributed by atoms with E-state index >= 15 is 0 Å². The Morgan fingerprint density at radius 2 is 1.64 bits per heavy atom. The number of aryl methyl sites for hydroxylation is 2. The third-order valence-corrected chi connectivity index (χ3v) is 4.47. The second-order valence-electron chi connectivity index (χ2n) is 6.77. The molecular formula is C23H25NO4. The number of Topliss-reactive ketones (excluding diaryl/α,β-unsaturated/α-hetero) is 1. The molecule has 2 rings (SSSR count). The maximum atomic E-state index is 12.6. The third kappa shape index (κ3) is 5.16. The molecule has 0 aromatic heterocycles. The number of hydrogen-bond acceptors (Lipinski definition) is 4. The van der Waals surface area contributed by atoms with Crippen molar-refractivity contribution in [2.24, 2.45) is 0 Å². The highest BCUT2D eigenvalue weighted by atomic mass is 16.5. The van der Waals surface area contributed by atoms with Gasteiger partial charge in [0.15, 0.2) is 5.78 Å². The van der Waals surface area contributed by atoms with Crippen molar-refractivity contribution in [3.05, 3.63) is 75.5 Å². The molecule has 0 heterocycles. The van der Waals surface area contributed by atoms with Crippen LogP contribution in [-0.4, -0.2) is 17.7 Å². The van der Waals surface area contributed by atoms with Gasteiger partial charge in [0.2, 0.25) is 5.91 Å². The van der Waals surface area contributed by atoms with Crippen LogP contribution in [0.2, 0.25) is 0 Å². The SMILES string of the molecule is CC(=O)N/C(=C/c1ccccc1)C(=O)OCc1c(C)cc(C)c(C(C)=O)c1C. The fraction of sp³-hybridized carbons (Fsp3) is 0.261. The van der Waals surface area contributed by atoms with E-state index < -0.39 is 5.97 Å². The van der Waals surface area contributed by atoms with Gasteiger partial charge in [-0.1, -0.05) is 36.4 Å². The smallest absolute Gasteiger partial charge is 0.355 e. The number of hydrogen-bond donors (Lipinski definition) is 1. The van der Waals surface area contributed by atoms with Gasteiger partial charge < -0.3 is 10.1 Å². The van der Waals surface area contributed by atoms with Crippen LogP contribution in [-0.2, 0) is 20.9 Å². The van der Waals surface area contributed by atoms with Crippen molar-refractivity contribution in [2.75, 3.05) is 0 Å². The summed E-state index contributed by atoms with van der Waals surface area (Å²) in [6.45, 7) is 8.54. The van der Waals surface area contributed by atoms with E-state index in [1.165, 1.54) is 13.8 Å². The van der Waals surface area contributed by atoms with Crippen LogP contribution in [0.15, 0.2) is 42.1 Å². The average molecular weight is 379 g/mol. The lowest BCUT2D eigenvalue weighted by Gasteiger charge is -2.16. The first-order valence-corrected chi connectivity index (χ1v) is 9.02. The summed E-state index contributed by atoms with van der Waals surface area (Å²) in [4.78, 5) is 36.0. The molecule has 0 radical (unpaired) electrons. The first-order chi connectivity index (χ1) is 13.2. The minimum atomic E-state index is -0.636. The maximum Gasteiger partial charge on any atom is 0.355 e. The number of benzene rings is 2. The molecule has 0 aliphatic carbocycles. The summed E-state index contributed by atoms with van der Waals surface area (Å²) in [6, 6.07) is 11.1. The second-order valence-corrected chi connectivity index (χ2v) is 6.77. The fourth-order valence-corrected chi connectivity index (χ4v) is 3.26. The zero-order valence-electron chi connectivity index (χ0n) is 16.9. The van der Waals surface area contributed by atoms with E-state index in [9.17, 15) is 14.4 Å². The van der Waals surface area contributed by atoms with Crippen molar-refractivity contribution in [1.82, 2.24) is 5.32 Å². The zero-order chi connectivity index (χ0) is 20.8. The normalized spacial score (nSPS) is 11.1. The van der Waals surface area contributed by atoms with Crippen molar-refractivity contribution >= 4 is 23.7 Å². The van der Waals surface area contributed by atoms with E-state index in [1.54, 1.807) is 6.08 Å². The topological polar surface area (TPSA) is 72.5 Å². The first kappa shape index (κ1) is 21.1. The Kier molecular flexibility index (Phi) is 6.88. The largest absolute Gasteiger partial charge is 0.456 e. The van der Waals surface area contributed by atoms with Gasteiger partial charge >= 0.3 is 5.97 Å². The fourth-order valence-electron chi connectivity index (χ4n) is 3.26. The van der Waals surface area contributed by atoms with Gasteiger partial charge in [-0.25, -0.2) is 4.79 Å². The Hall–Kier alpha value is -3.21. The number of esters is 1. The molecule has 0 fully saturated rings. The molecule has 0 bridgehead atoms. The van der Waals surface area contributed by atoms with Crippen LogP contribution < -0.4 is 5.32 Å². The maximum absolute atomic E-state index is 12.6. The highest BCUT2D eigenvalue weighted by Crippen LogP contribution is 2.24. The number of amides is 1. The summed E-state index contributed by atoms with van der Waals surface area (Å²) in [6.07, 6.45) is 1.57. The van der Waals surface area contributed by atoms with Crippen molar-refractivity contribution in [3.8, 4) is 0 Å². The summed E-state index contributed by atoms with van der Waals surface area (Å²) in [5.74, 6) is -1.02. The molecule has 0 saturated heterocycles. The summed E-state index contributed by atoms with van der Waals surface area (Å²) < 4.78 is 5.47. The number of carbonyl (C=O) groups excluding carboxylic acids is 3. The number of ketones is 1. The predicted molar refractivity (Wildman–Crippen MR) is 109 cm³/mol. The molecule has 146 valence electrons. The standard InChI is InChI=1S/C23H25NO4/c1-14-11-15(2)22(17(4)25)16(3)20(14)13-28-23(27)21(24-18(5)26)12-19-9-7-6-8-10-19/h6-12H,13H2,1-5H3,(H,24,26)/b21-12+.